The summed E-state index contributed by atoms with van der Waals surface area (Å²) < 4.78 is 5.14. The van der Waals surface area contributed by atoms with Gasteiger partial charge in [0, 0.05) is 5.39 Å². The van der Waals surface area contributed by atoms with Crippen LogP contribution in [0.25, 0.3) is 11.0 Å². The van der Waals surface area contributed by atoms with Crippen molar-refractivity contribution in [3.8, 4) is 0 Å². The van der Waals surface area contributed by atoms with E-state index in [2.05, 4.69) is 0 Å². The van der Waals surface area contributed by atoms with E-state index in [1.807, 2.05) is 0 Å². The highest BCUT2D eigenvalue weighted by Gasteiger charge is 2.10. The lowest BCUT2D eigenvalue weighted by atomic mass is 10.1. The molecule has 2 aromatic rings. The molecule has 0 radical (unpaired) electrons. The van der Waals surface area contributed by atoms with Gasteiger partial charge in [0.25, 0.3) is 0 Å². The minimum atomic E-state index is -0.902. The SMILES string of the molecule is Cc1c(C(=O)O)ccc2occc12. The molecule has 0 fully saturated rings. The fourth-order valence-corrected chi connectivity index (χ4v) is 1.42. The molecule has 3 heteroatoms. The third kappa shape index (κ3) is 1.09. The van der Waals surface area contributed by atoms with Gasteiger partial charge in [0.1, 0.15) is 5.58 Å². The Morgan fingerprint density at radius 3 is 2.85 bits per heavy atom. The van der Waals surface area contributed by atoms with Crippen LogP contribution >= 0.6 is 0 Å². The molecular weight excluding hydrogens is 168 g/mol. The molecule has 0 bridgehead atoms. The summed E-state index contributed by atoms with van der Waals surface area (Å²) in [6.45, 7) is 1.78. The van der Waals surface area contributed by atoms with E-state index in [9.17, 15) is 4.79 Å². The molecule has 2 rings (SSSR count). The van der Waals surface area contributed by atoms with Gasteiger partial charge in [-0.1, -0.05) is 0 Å². The maximum Gasteiger partial charge on any atom is 0.335 e. The Kier molecular flexibility index (Phi) is 1.59. The molecule has 1 N–H and O–H groups in total. The molecule has 0 aliphatic rings. The molecule has 13 heavy (non-hydrogen) atoms. The molecular formula is C10H8O3. The maximum atomic E-state index is 10.8. The second-order valence-electron chi connectivity index (χ2n) is 2.88. The molecule has 0 spiro atoms. The van der Waals surface area contributed by atoms with Crippen molar-refractivity contribution in [3.05, 3.63) is 35.6 Å². The Balaban J connectivity index is 2.80. The van der Waals surface area contributed by atoms with Crippen LogP contribution in [-0.4, -0.2) is 11.1 Å². The lowest BCUT2D eigenvalue weighted by molar-refractivity contribution is 0.0696. The Hall–Kier alpha value is -1.77. The number of fused-ring (bicyclic) bond motifs is 1. The molecule has 0 amide bonds. The highest BCUT2D eigenvalue weighted by Crippen LogP contribution is 2.22. The number of furan rings is 1. The van der Waals surface area contributed by atoms with E-state index >= 15 is 0 Å². The first kappa shape index (κ1) is 7.86. The second-order valence-corrected chi connectivity index (χ2v) is 2.88. The van der Waals surface area contributed by atoms with Gasteiger partial charge in [0.2, 0.25) is 0 Å². The molecule has 0 aliphatic heterocycles. The van der Waals surface area contributed by atoms with Crippen molar-refractivity contribution < 1.29 is 14.3 Å². The van der Waals surface area contributed by atoms with Crippen LogP contribution in [0.4, 0.5) is 0 Å². The standard InChI is InChI=1S/C10H8O3/c1-6-7-4-5-13-9(7)3-2-8(6)10(11)12/h2-5H,1H3,(H,11,12). The van der Waals surface area contributed by atoms with Crippen molar-refractivity contribution in [1.82, 2.24) is 0 Å². The number of aromatic carboxylic acids is 1. The van der Waals surface area contributed by atoms with Crippen molar-refractivity contribution in [1.29, 1.82) is 0 Å². The molecule has 3 nitrogen and oxygen atoms in total. The van der Waals surface area contributed by atoms with Crippen LogP contribution in [0.3, 0.4) is 0 Å². The average Bonchev–Trinajstić information content (AvgIpc) is 2.52. The molecule has 0 aliphatic carbocycles. The van der Waals surface area contributed by atoms with Crippen molar-refractivity contribution in [2.75, 3.05) is 0 Å². The quantitative estimate of drug-likeness (QED) is 0.725. The van der Waals surface area contributed by atoms with E-state index in [1.54, 1.807) is 31.4 Å². The van der Waals surface area contributed by atoms with Gasteiger partial charge >= 0.3 is 5.97 Å². The molecule has 66 valence electrons. The fourth-order valence-electron chi connectivity index (χ4n) is 1.42. The lowest BCUT2D eigenvalue weighted by Gasteiger charge is -2.00. The lowest BCUT2D eigenvalue weighted by Crippen LogP contribution is -1.98. The predicted octanol–water partition coefficient (Wildman–Crippen LogP) is 2.44. The predicted molar refractivity (Wildman–Crippen MR) is 47.9 cm³/mol. The van der Waals surface area contributed by atoms with Gasteiger partial charge in [0.15, 0.2) is 0 Å². The van der Waals surface area contributed by atoms with Gasteiger partial charge in [-0.3, -0.25) is 0 Å². The summed E-state index contributed by atoms with van der Waals surface area (Å²) in [5, 5.41) is 9.69. The summed E-state index contributed by atoms with van der Waals surface area (Å²) >= 11 is 0. The van der Waals surface area contributed by atoms with Gasteiger partial charge < -0.3 is 9.52 Å². The van der Waals surface area contributed by atoms with Crippen molar-refractivity contribution in [2.24, 2.45) is 0 Å². The Bertz CT molecular complexity index is 468. The molecule has 0 atom stereocenters. The number of benzene rings is 1. The normalized spacial score (nSPS) is 10.5. The molecule has 1 aromatic heterocycles. The summed E-state index contributed by atoms with van der Waals surface area (Å²) in [5.41, 5.74) is 1.80. The summed E-state index contributed by atoms with van der Waals surface area (Å²) in [4.78, 5) is 10.8. The highest BCUT2D eigenvalue weighted by atomic mass is 16.4. The van der Waals surface area contributed by atoms with Gasteiger partial charge in [-0.2, -0.15) is 0 Å². The number of carbonyl (C=O) groups is 1. The zero-order valence-electron chi connectivity index (χ0n) is 7.07. The van der Waals surface area contributed by atoms with Crippen LogP contribution < -0.4 is 0 Å². The largest absolute Gasteiger partial charge is 0.478 e. The number of hydrogen-bond donors (Lipinski definition) is 1. The zero-order chi connectivity index (χ0) is 9.42. The number of aryl methyl sites for hydroxylation is 1. The molecule has 1 heterocycles. The van der Waals surface area contributed by atoms with E-state index < -0.39 is 5.97 Å². The molecule has 0 unspecified atom stereocenters. The fraction of sp³-hybridized carbons (Fsp3) is 0.100. The minimum absolute atomic E-state index is 0.328. The second kappa shape index (κ2) is 2.62. The molecule has 0 saturated heterocycles. The van der Waals surface area contributed by atoms with Crippen LogP contribution in [0.2, 0.25) is 0 Å². The summed E-state index contributed by atoms with van der Waals surface area (Å²) in [6, 6.07) is 5.01. The summed E-state index contributed by atoms with van der Waals surface area (Å²) in [5.74, 6) is -0.902. The maximum absolute atomic E-state index is 10.8. The first-order chi connectivity index (χ1) is 6.20. The van der Waals surface area contributed by atoms with Crippen molar-refractivity contribution in [3.63, 3.8) is 0 Å². The first-order valence-electron chi connectivity index (χ1n) is 3.90. The van der Waals surface area contributed by atoms with Gasteiger partial charge in [0.05, 0.1) is 11.8 Å². The summed E-state index contributed by atoms with van der Waals surface area (Å²) in [6.07, 6.45) is 1.56. The first-order valence-corrected chi connectivity index (χ1v) is 3.90. The zero-order valence-corrected chi connectivity index (χ0v) is 7.07. The van der Waals surface area contributed by atoms with Crippen LogP contribution in [0.15, 0.2) is 28.9 Å². The van der Waals surface area contributed by atoms with E-state index in [-0.39, 0.29) is 0 Å². The number of hydrogen-bond acceptors (Lipinski definition) is 2. The highest BCUT2D eigenvalue weighted by molar-refractivity contribution is 5.96. The summed E-state index contributed by atoms with van der Waals surface area (Å²) in [7, 11) is 0. The van der Waals surface area contributed by atoms with E-state index in [0.29, 0.717) is 5.56 Å². The number of rotatable bonds is 1. The number of carboxylic acid groups (broad SMARTS) is 1. The van der Waals surface area contributed by atoms with Crippen LogP contribution in [-0.2, 0) is 0 Å². The monoisotopic (exact) mass is 176 g/mol. The Morgan fingerprint density at radius 2 is 2.15 bits per heavy atom. The third-order valence-corrected chi connectivity index (χ3v) is 2.13. The topological polar surface area (TPSA) is 50.4 Å². The minimum Gasteiger partial charge on any atom is -0.478 e. The number of carboxylic acids is 1. The van der Waals surface area contributed by atoms with Crippen LogP contribution in [0, 0.1) is 6.92 Å². The Labute approximate surface area is 74.6 Å². The van der Waals surface area contributed by atoms with Crippen LogP contribution in [0.1, 0.15) is 15.9 Å². The molecule has 0 saturated carbocycles. The van der Waals surface area contributed by atoms with Gasteiger partial charge in [-0.15, -0.1) is 0 Å². The molecule has 1 aromatic carbocycles. The smallest absolute Gasteiger partial charge is 0.335 e. The van der Waals surface area contributed by atoms with Gasteiger partial charge in [-0.05, 0) is 30.7 Å². The van der Waals surface area contributed by atoms with Crippen LogP contribution in [0.5, 0.6) is 0 Å². The van der Waals surface area contributed by atoms with Crippen molar-refractivity contribution in [2.45, 2.75) is 6.92 Å². The van der Waals surface area contributed by atoms with Gasteiger partial charge in [-0.25, -0.2) is 4.79 Å². The average molecular weight is 176 g/mol. The van der Waals surface area contributed by atoms with E-state index in [4.69, 9.17) is 9.52 Å². The van der Waals surface area contributed by atoms with Crippen molar-refractivity contribution >= 4 is 16.9 Å². The third-order valence-electron chi connectivity index (χ3n) is 2.13. The Morgan fingerprint density at radius 1 is 1.38 bits per heavy atom. The van der Waals surface area contributed by atoms with E-state index in [1.165, 1.54) is 0 Å². The van der Waals surface area contributed by atoms with E-state index in [0.717, 1.165) is 16.5 Å².